The van der Waals surface area contributed by atoms with E-state index in [0.717, 1.165) is 0 Å². The molecule has 0 spiro atoms. The number of furan rings is 1. The number of nitrogens with zero attached hydrogens (tertiary/aromatic N) is 1. The second kappa shape index (κ2) is 11.1. The number of likely N-dealkylation sites (tertiary alicyclic amines) is 1. The van der Waals surface area contributed by atoms with Crippen LogP contribution in [0.3, 0.4) is 0 Å². The zero-order chi connectivity index (χ0) is 23.1. The van der Waals surface area contributed by atoms with Crippen LogP contribution in [0.1, 0.15) is 37.3 Å². The molecule has 1 saturated heterocycles. The van der Waals surface area contributed by atoms with Crippen LogP contribution in [-0.4, -0.2) is 69.3 Å². The number of carbonyl (C=O) groups is 3. The van der Waals surface area contributed by atoms with Crippen molar-refractivity contribution in [3.63, 3.8) is 0 Å². The normalized spacial score (nSPS) is 20.0. The molecule has 2 aliphatic heterocycles. The molecule has 1 aromatic rings. The van der Waals surface area contributed by atoms with Crippen molar-refractivity contribution in [2.75, 3.05) is 46.5 Å². The van der Waals surface area contributed by atoms with Gasteiger partial charge in [-0.1, -0.05) is 0 Å². The van der Waals surface area contributed by atoms with Crippen LogP contribution in [0, 0.1) is 12.8 Å². The SMILES string of the molecule is CCOC(=O)C1=C(CN2CCC(C(=O)NCCOC)CC2)NC(=O)N[C@H]1c1ccc(C)o1. The Morgan fingerprint density at radius 1 is 1.28 bits per heavy atom. The molecule has 3 heterocycles. The first-order valence-electron chi connectivity index (χ1n) is 11.0. The molecule has 3 N–H and O–H groups in total. The maximum atomic E-state index is 12.8. The largest absolute Gasteiger partial charge is 0.464 e. The molecule has 3 amide bonds. The summed E-state index contributed by atoms with van der Waals surface area (Å²) in [6.07, 6.45) is 1.40. The van der Waals surface area contributed by atoms with Crippen LogP contribution in [0.4, 0.5) is 4.79 Å². The zero-order valence-electron chi connectivity index (χ0n) is 18.9. The highest BCUT2D eigenvalue weighted by Gasteiger charge is 2.36. The summed E-state index contributed by atoms with van der Waals surface area (Å²) in [6.45, 7) is 6.47. The van der Waals surface area contributed by atoms with Gasteiger partial charge in [-0.3, -0.25) is 9.69 Å². The van der Waals surface area contributed by atoms with E-state index in [1.807, 2.05) is 0 Å². The van der Waals surface area contributed by atoms with Gasteiger partial charge in [0.1, 0.15) is 17.6 Å². The molecule has 1 atom stereocenters. The van der Waals surface area contributed by atoms with Crippen molar-refractivity contribution in [1.29, 1.82) is 0 Å². The lowest BCUT2D eigenvalue weighted by molar-refractivity contribution is -0.139. The summed E-state index contributed by atoms with van der Waals surface area (Å²) in [6, 6.07) is 2.40. The van der Waals surface area contributed by atoms with Gasteiger partial charge in [-0.05, 0) is 51.9 Å². The second-order valence-electron chi connectivity index (χ2n) is 7.93. The van der Waals surface area contributed by atoms with Gasteiger partial charge in [0.05, 0.1) is 18.8 Å². The van der Waals surface area contributed by atoms with E-state index < -0.39 is 18.0 Å². The third-order valence-corrected chi connectivity index (χ3v) is 5.64. The molecule has 3 rings (SSSR count). The van der Waals surface area contributed by atoms with Gasteiger partial charge >= 0.3 is 12.0 Å². The number of urea groups is 1. The minimum absolute atomic E-state index is 0.0385. The average molecular weight is 449 g/mol. The van der Waals surface area contributed by atoms with Crippen LogP contribution in [0.15, 0.2) is 27.8 Å². The summed E-state index contributed by atoms with van der Waals surface area (Å²) in [5.74, 6) is 0.647. The monoisotopic (exact) mass is 448 g/mol. The van der Waals surface area contributed by atoms with Crippen molar-refractivity contribution in [1.82, 2.24) is 20.9 Å². The van der Waals surface area contributed by atoms with Crippen LogP contribution in [-0.2, 0) is 19.1 Å². The van der Waals surface area contributed by atoms with E-state index in [2.05, 4.69) is 20.9 Å². The third-order valence-electron chi connectivity index (χ3n) is 5.64. The highest BCUT2D eigenvalue weighted by atomic mass is 16.5. The number of carbonyl (C=O) groups excluding carboxylic acids is 3. The first-order chi connectivity index (χ1) is 15.4. The number of ether oxygens (including phenoxy) is 2. The Labute approximate surface area is 187 Å². The minimum Gasteiger partial charge on any atom is -0.464 e. The summed E-state index contributed by atoms with van der Waals surface area (Å²) < 4.78 is 15.9. The number of esters is 1. The number of nitrogens with one attached hydrogen (secondary N) is 3. The van der Waals surface area contributed by atoms with E-state index in [-0.39, 0.29) is 18.4 Å². The smallest absolute Gasteiger partial charge is 0.338 e. The van der Waals surface area contributed by atoms with E-state index in [9.17, 15) is 14.4 Å². The number of hydrogen-bond acceptors (Lipinski definition) is 7. The van der Waals surface area contributed by atoms with Crippen LogP contribution >= 0.6 is 0 Å². The first-order valence-corrected chi connectivity index (χ1v) is 11.0. The van der Waals surface area contributed by atoms with E-state index in [0.29, 0.717) is 68.4 Å². The number of methoxy groups -OCH3 is 1. The number of amides is 3. The summed E-state index contributed by atoms with van der Waals surface area (Å²) in [4.78, 5) is 39.6. The standard InChI is InChI=1S/C22H32N4O6/c1-4-31-21(28)18-16(24-22(29)25-19(18)17-6-5-14(2)32-17)13-26-10-7-15(8-11-26)20(27)23-9-12-30-3/h5-6,15,19H,4,7-13H2,1-3H3,(H,23,27)(H2,24,25,29)/t19-/m0/s1. The van der Waals surface area contributed by atoms with Crippen molar-refractivity contribution in [2.45, 2.75) is 32.7 Å². The fraction of sp³-hybridized carbons (Fsp3) is 0.591. The maximum absolute atomic E-state index is 12.8. The summed E-state index contributed by atoms with van der Waals surface area (Å²) >= 11 is 0. The van der Waals surface area contributed by atoms with Crippen LogP contribution in [0.25, 0.3) is 0 Å². The van der Waals surface area contributed by atoms with Crippen molar-refractivity contribution < 1.29 is 28.3 Å². The lowest BCUT2D eigenvalue weighted by Gasteiger charge is -2.34. The molecule has 1 aromatic heterocycles. The maximum Gasteiger partial charge on any atom is 0.338 e. The Hall–Kier alpha value is -2.85. The topological polar surface area (TPSA) is 122 Å². The van der Waals surface area contributed by atoms with E-state index in [4.69, 9.17) is 13.9 Å². The molecule has 0 radical (unpaired) electrons. The van der Waals surface area contributed by atoms with Gasteiger partial charge in [0, 0.05) is 31.8 Å². The molecule has 0 unspecified atom stereocenters. The van der Waals surface area contributed by atoms with Crippen molar-refractivity contribution in [3.05, 3.63) is 34.9 Å². The number of rotatable bonds is 9. The van der Waals surface area contributed by atoms with Gasteiger partial charge in [-0.2, -0.15) is 0 Å². The zero-order valence-corrected chi connectivity index (χ0v) is 18.9. The molecule has 10 nitrogen and oxygen atoms in total. The second-order valence-corrected chi connectivity index (χ2v) is 7.93. The third kappa shape index (κ3) is 5.89. The molecule has 1 fully saturated rings. The van der Waals surface area contributed by atoms with Crippen LogP contribution in [0.5, 0.6) is 0 Å². The summed E-state index contributed by atoms with van der Waals surface area (Å²) in [7, 11) is 1.60. The molecule has 176 valence electrons. The molecule has 0 saturated carbocycles. The fourth-order valence-electron chi connectivity index (χ4n) is 4.01. The molecular formula is C22H32N4O6. The van der Waals surface area contributed by atoms with E-state index in [1.54, 1.807) is 33.1 Å². The van der Waals surface area contributed by atoms with Crippen LogP contribution in [0.2, 0.25) is 0 Å². The highest BCUT2D eigenvalue weighted by Crippen LogP contribution is 2.30. The summed E-state index contributed by atoms with van der Waals surface area (Å²) in [5.41, 5.74) is 0.828. The Morgan fingerprint density at radius 2 is 2.03 bits per heavy atom. The lowest BCUT2D eigenvalue weighted by Crippen LogP contribution is -2.49. The first kappa shape index (κ1) is 23.8. The molecule has 2 aliphatic rings. The molecule has 0 aliphatic carbocycles. The Morgan fingerprint density at radius 3 is 2.66 bits per heavy atom. The van der Waals surface area contributed by atoms with Gasteiger partial charge in [0.25, 0.3) is 0 Å². The molecule has 32 heavy (non-hydrogen) atoms. The number of aryl methyl sites for hydroxylation is 1. The van der Waals surface area contributed by atoms with Crippen molar-refractivity contribution >= 4 is 17.9 Å². The van der Waals surface area contributed by atoms with Gasteiger partial charge in [0.2, 0.25) is 5.91 Å². The predicted octanol–water partition coefficient (Wildman–Crippen LogP) is 1.23. The quantitative estimate of drug-likeness (QED) is 0.384. The molecule has 10 heteroatoms. The van der Waals surface area contributed by atoms with Gasteiger partial charge in [0.15, 0.2) is 0 Å². The Bertz CT molecular complexity index is 856. The highest BCUT2D eigenvalue weighted by molar-refractivity contribution is 5.95. The number of piperidine rings is 1. The van der Waals surface area contributed by atoms with Crippen molar-refractivity contribution in [2.24, 2.45) is 5.92 Å². The van der Waals surface area contributed by atoms with Crippen LogP contribution < -0.4 is 16.0 Å². The van der Waals surface area contributed by atoms with Crippen molar-refractivity contribution in [3.8, 4) is 0 Å². The van der Waals surface area contributed by atoms with Gasteiger partial charge < -0.3 is 29.8 Å². The Balaban J connectivity index is 1.72. The van der Waals surface area contributed by atoms with E-state index in [1.165, 1.54) is 0 Å². The Kier molecular flexibility index (Phi) is 8.29. The lowest BCUT2D eigenvalue weighted by atomic mass is 9.95. The fourth-order valence-corrected chi connectivity index (χ4v) is 4.01. The average Bonchev–Trinajstić information content (AvgIpc) is 3.20. The molecular weight excluding hydrogens is 416 g/mol. The molecule has 0 bridgehead atoms. The number of hydrogen-bond donors (Lipinski definition) is 3. The minimum atomic E-state index is -0.726. The molecule has 0 aromatic carbocycles. The van der Waals surface area contributed by atoms with Gasteiger partial charge in [-0.25, -0.2) is 9.59 Å². The van der Waals surface area contributed by atoms with Gasteiger partial charge in [-0.15, -0.1) is 0 Å². The van der Waals surface area contributed by atoms with E-state index >= 15 is 0 Å². The summed E-state index contributed by atoms with van der Waals surface area (Å²) in [5, 5.41) is 8.43. The predicted molar refractivity (Wildman–Crippen MR) is 116 cm³/mol.